The van der Waals surface area contributed by atoms with Gasteiger partial charge >= 0.3 is 29.6 Å². The number of benzene rings is 1. The van der Waals surface area contributed by atoms with Crippen LogP contribution < -0.4 is 34.7 Å². The Kier molecular flexibility index (Phi) is 4.93. The number of rotatable bonds is 0. The average Bonchev–Trinajstić information content (AvgIpc) is 1.64. The first-order valence-electron chi connectivity index (χ1n) is 2.21. The van der Waals surface area contributed by atoms with Crippen LogP contribution in [0.3, 0.4) is 0 Å². The third kappa shape index (κ3) is 3.45. The molecule has 0 saturated heterocycles. The maximum Gasteiger partial charge on any atom is 1.00 e. The molecule has 0 heterocycles. The molecule has 1 aromatic carbocycles. The third-order valence-corrected chi connectivity index (χ3v) is 1.47. The Bertz CT molecular complexity index is 173. The Morgan fingerprint density at radius 3 is 2.33 bits per heavy atom. The van der Waals surface area contributed by atoms with E-state index in [1.165, 1.54) is 0 Å². The second-order valence-corrected chi connectivity index (χ2v) is 2.70. The van der Waals surface area contributed by atoms with E-state index >= 15 is 0 Å². The molecule has 0 fully saturated rings. The molecule has 1 aromatic rings. The topological polar surface area (TPSA) is 23.1 Å². The van der Waals surface area contributed by atoms with Crippen LogP contribution in [-0.2, 0) is 0 Å². The molecule has 42 valence electrons. The van der Waals surface area contributed by atoms with Crippen LogP contribution in [0.15, 0.2) is 24.3 Å². The summed E-state index contributed by atoms with van der Waals surface area (Å²) in [6.07, 6.45) is 0. The van der Waals surface area contributed by atoms with Gasteiger partial charge in [-0.3, -0.25) is 0 Å². The smallest absolute Gasteiger partial charge is 0.872 e. The predicted molar refractivity (Wildman–Crippen MR) is 38.6 cm³/mol. The van der Waals surface area contributed by atoms with Gasteiger partial charge in [-0.1, -0.05) is 18.2 Å². The number of hydrogen-bond donors (Lipinski definition) is 0. The summed E-state index contributed by atoms with van der Waals surface area (Å²) >= 11 is 2.11. The van der Waals surface area contributed by atoms with Crippen molar-refractivity contribution in [1.82, 2.24) is 0 Å². The largest absolute Gasteiger partial charge is 1.00 e. The predicted octanol–water partition coefficient (Wildman–Crippen LogP) is -1.63. The van der Waals surface area contributed by atoms with Crippen molar-refractivity contribution in [1.29, 1.82) is 0 Å². The minimum absolute atomic E-state index is 0. The fourth-order valence-electron chi connectivity index (χ4n) is 0.467. The van der Waals surface area contributed by atoms with Crippen LogP contribution in [0.2, 0.25) is 0 Å². The molecule has 0 N–H and O–H groups in total. The Labute approximate surface area is 89.9 Å². The fourth-order valence-corrected chi connectivity index (χ4v) is 0.982. The zero-order valence-electron chi connectivity index (χ0n) is 5.10. The first kappa shape index (κ1) is 9.75. The van der Waals surface area contributed by atoms with Crippen LogP contribution in [0.5, 0.6) is 5.75 Å². The van der Waals surface area contributed by atoms with Gasteiger partial charge in [-0.15, -0.1) is 5.75 Å². The molecule has 0 aromatic heterocycles. The van der Waals surface area contributed by atoms with Crippen molar-refractivity contribution >= 4 is 22.6 Å². The molecule has 0 aliphatic carbocycles. The third-order valence-electron chi connectivity index (χ3n) is 0.796. The van der Waals surface area contributed by atoms with Gasteiger partial charge in [0.1, 0.15) is 0 Å². The van der Waals surface area contributed by atoms with Gasteiger partial charge in [0.15, 0.2) is 0 Å². The monoisotopic (exact) mass is 242 g/mol. The zero-order chi connectivity index (χ0) is 5.98. The second-order valence-electron chi connectivity index (χ2n) is 1.46. The molecule has 9 heavy (non-hydrogen) atoms. The molecular weight excluding hydrogens is 238 g/mol. The Hall–Kier alpha value is 0.750. The summed E-state index contributed by atoms with van der Waals surface area (Å²) in [4.78, 5) is 0. The van der Waals surface area contributed by atoms with Gasteiger partial charge < -0.3 is 5.11 Å². The van der Waals surface area contributed by atoms with E-state index in [-0.39, 0.29) is 35.3 Å². The Balaban J connectivity index is 0.000000640. The first-order valence-corrected chi connectivity index (χ1v) is 3.29. The van der Waals surface area contributed by atoms with Crippen LogP contribution in [0.1, 0.15) is 0 Å². The molecular formula is C6H4INaO. The molecule has 0 radical (unpaired) electrons. The van der Waals surface area contributed by atoms with Crippen molar-refractivity contribution in [3.8, 4) is 5.75 Å². The summed E-state index contributed by atoms with van der Waals surface area (Å²) in [5.41, 5.74) is 0. The molecule has 0 aliphatic rings. The van der Waals surface area contributed by atoms with E-state index in [4.69, 9.17) is 0 Å². The summed E-state index contributed by atoms with van der Waals surface area (Å²) < 4.78 is 0.995. The van der Waals surface area contributed by atoms with Crippen molar-refractivity contribution in [2.75, 3.05) is 0 Å². The molecule has 0 spiro atoms. The molecule has 0 amide bonds. The fraction of sp³-hybridized carbons (Fsp3) is 0. The summed E-state index contributed by atoms with van der Waals surface area (Å²) in [6.45, 7) is 0. The Morgan fingerprint density at radius 2 is 2.00 bits per heavy atom. The average molecular weight is 242 g/mol. The SMILES string of the molecule is [Na+].[O-]c1cccc(I)c1. The van der Waals surface area contributed by atoms with Crippen LogP contribution in [0.25, 0.3) is 0 Å². The quantitative estimate of drug-likeness (QED) is 0.395. The van der Waals surface area contributed by atoms with E-state index in [9.17, 15) is 5.11 Å². The molecule has 1 rings (SSSR count). The zero-order valence-corrected chi connectivity index (χ0v) is 9.25. The van der Waals surface area contributed by atoms with E-state index in [0.29, 0.717) is 0 Å². The summed E-state index contributed by atoms with van der Waals surface area (Å²) in [5.74, 6) is 0.0805. The molecule has 0 atom stereocenters. The van der Waals surface area contributed by atoms with Gasteiger partial charge in [0.05, 0.1) is 0 Å². The first-order chi connectivity index (χ1) is 3.79. The molecule has 0 aliphatic heterocycles. The van der Waals surface area contributed by atoms with Crippen LogP contribution in [-0.4, -0.2) is 0 Å². The van der Waals surface area contributed by atoms with Crippen LogP contribution in [0, 0.1) is 3.57 Å². The second kappa shape index (κ2) is 4.55. The summed E-state index contributed by atoms with van der Waals surface area (Å²) in [6, 6.07) is 6.79. The van der Waals surface area contributed by atoms with Crippen molar-refractivity contribution in [2.45, 2.75) is 0 Å². The van der Waals surface area contributed by atoms with Crippen LogP contribution in [0.4, 0.5) is 0 Å². The summed E-state index contributed by atoms with van der Waals surface area (Å²) in [5, 5.41) is 10.5. The molecule has 0 bridgehead atoms. The maximum atomic E-state index is 10.5. The molecule has 0 unspecified atom stereocenters. The van der Waals surface area contributed by atoms with E-state index in [0.717, 1.165) is 3.57 Å². The van der Waals surface area contributed by atoms with Crippen molar-refractivity contribution in [2.24, 2.45) is 0 Å². The van der Waals surface area contributed by atoms with Crippen LogP contribution >= 0.6 is 22.6 Å². The van der Waals surface area contributed by atoms with E-state index in [1.807, 2.05) is 6.07 Å². The molecule has 0 saturated carbocycles. The van der Waals surface area contributed by atoms with Crippen molar-refractivity contribution in [3.05, 3.63) is 27.8 Å². The summed E-state index contributed by atoms with van der Waals surface area (Å²) in [7, 11) is 0. The maximum absolute atomic E-state index is 10.5. The van der Waals surface area contributed by atoms with Gasteiger partial charge in [-0.2, -0.15) is 0 Å². The molecule has 3 heteroatoms. The normalized spacial score (nSPS) is 8.11. The van der Waals surface area contributed by atoms with E-state index in [2.05, 4.69) is 22.6 Å². The van der Waals surface area contributed by atoms with Crippen molar-refractivity contribution < 1.29 is 34.7 Å². The minimum Gasteiger partial charge on any atom is -0.872 e. The van der Waals surface area contributed by atoms with Crippen molar-refractivity contribution in [3.63, 3.8) is 0 Å². The number of halogens is 1. The standard InChI is InChI=1S/C6H5IO.Na/c7-5-2-1-3-6(8)4-5;/h1-4,8H;/q;+1/p-1. The van der Waals surface area contributed by atoms with Gasteiger partial charge in [-0.25, -0.2) is 0 Å². The number of hydrogen-bond acceptors (Lipinski definition) is 1. The minimum atomic E-state index is 0. The van der Waals surface area contributed by atoms with E-state index < -0.39 is 0 Å². The molecule has 1 nitrogen and oxygen atoms in total. The van der Waals surface area contributed by atoms with Gasteiger partial charge in [0.25, 0.3) is 0 Å². The Morgan fingerprint density at radius 1 is 1.33 bits per heavy atom. The van der Waals surface area contributed by atoms with E-state index in [1.54, 1.807) is 18.2 Å². The van der Waals surface area contributed by atoms with Gasteiger partial charge in [-0.05, 0) is 28.7 Å². The van der Waals surface area contributed by atoms with Gasteiger partial charge in [0.2, 0.25) is 0 Å². The van der Waals surface area contributed by atoms with Gasteiger partial charge in [0, 0.05) is 3.57 Å².